The summed E-state index contributed by atoms with van der Waals surface area (Å²) in [5, 5.41) is 13.3. The number of furan rings is 1. The SMILES string of the molecule is CC(=O)NC[C@H]1CN(c2ccc(C(=O)N3CCN(Cc4ccc([N+](=O)[O-])o4)CC3)c(F)c2)C(=O)O1. The number of nitrogens with zero attached hydrogens (tertiary/aromatic N) is 4. The number of cyclic esters (lactones) is 1. The van der Waals surface area contributed by atoms with Crippen molar-refractivity contribution in [3.8, 4) is 0 Å². The predicted octanol–water partition coefficient (Wildman–Crippen LogP) is 1.75. The van der Waals surface area contributed by atoms with Crippen LogP contribution in [0.4, 0.5) is 20.8 Å². The first-order chi connectivity index (χ1) is 16.7. The lowest BCUT2D eigenvalue weighted by Crippen LogP contribution is -2.48. The molecule has 2 saturated heterocycles. The van der Waals surface area contributed by atoms with Gasteiger partial charge >= 0.3 is 12.0 Å². The summed E-state index contributed by atoms with van der Waals surface area (Å²) in [7, 11) is 0. The van der Waals surface area contributed by atoms with E-state index in [1.165, 1.54) is 34.9 Å². The van der Waals surface area contributed by atoms with E-state index in [0.717, 1.165) is 6.07 Å². The Hall–Kier alpha value is -4.00. The third kappa shape index (κ3) is 5.57. The molecule has 4 rings (SSSR count). The average Bonchev–Trinajstić information content (AvgIpc) is 3.44. The van der Waals surface area contributed by atoms with E-state index >= 15 is 0 Å². The Labute approximate surface area is 199 Å². The van der Waals surface area contributed by atoms with Crippen molar-refractivity contribution in [2.45, 2.75) is 19.6 Å². The van der Waals surface area contributed by atoms with Gasteiger partial charge in [0.1, 0.15) is 22.6 Å². The van der Waals surface area contributed by atoms with Crippen LogP contribution in [0.3, 0.4) is 0 Å². The minimum Gasteiger partial charge on any atom is -0.442 e. The first-order valence-corrected chi connectivity index (χ1v) is 11.0. The third-order valence-corrected chi connectivity index (χ3v) is 5.81. The first-order valence-electron chi connectivity index (χ1n) is 11.0. The zero-order valence-corrected chi connectivity index (χ0v) is 18.9. The minimum absolute atomic E-state index is 0.105. The maximum absolute atomic E-state index is 14.9. The van der Waals surface area contributed by atoms with Gasteiger partial charge in [0.2, 0.25) is 5.91 Å². The molecule has 3 heterocycles. The summed E-state index contributed by atoms with van der Waals surface area (Å²) in [6.07, 6.45) is -1.21. The number of anilines is 1. The maximum Gasteiger partial charge on any atom is 0.433 e. The van der Waals surface area contributed by atoms with Crippen molar-refractivity contribution in [2.75, 3.05) is 44.2 Å². The van der Waals surface area contributed by atoms with Crippen molar-refractivity contribution in [2.24, 2.45) is 0 Å². The van der Waals surface area contributed by atoms with Gasteiger partial charge in [-0.2, -0.15) is 0 Å². The number of ether oxygens (including phenoxy) is 1. The zero-order valence-electron chi connectivity index (χ0n) is 18.9. The summed E-state index contributed by atoms with van der Waals surface area (Å²) >= 11 is 0. The molecule has 3 amide bonds. The molecule has 1 N–H and O–H groups in total. The van der Waals surface area contributed by atoms with Gasteiger partial charge in [-0.1, -0.05) is 0 Å². The molecule has 2 aromatic rings. The molecule has 2 fully saturated rings. The summed E-state index contributed by atoms with van der Waals surface area (Å²) in [6.45, 7) is 3.72. The molecule has 13 heteroatoms. The van der Waals surface area contributed by atoms with E-state index in [1.54, 1.807) is 6.07 Å². The molecule has 1 atom stereocenters. The highest BCUT2D eigenvalue weighted by Crippen LogP contribution is 2.25. The molecule has 1 aromatic heterocycles. The number of nitrogens with one attached hydrogen (secondary N) is 1. The summed E-state index contributed by atoms with van der Waals surface area (Å²) < 4.78 is 25.2. The normalized spacial score (nSPS) is 18.5. The Morgan fingerprint density at radius 2 is 1.94 bits per heavy atom. The highest BCUT2D eigenvalue weighted by atomic mass is 19.1. The van der Waals surface area contributed by atoms with E-state index in [0.29, 0.717) is 38.5 Å². The lowest BCUT2D eigenvalue weighted by atomic mass is 10.1. The molecule has 0 unspecified atom stereocenters. The van der Waals surface area contributed by atoms with Crippen LogP contribution in [0.15, 0.2) is 34.7 Å². The number of halogens is 1. The van der Waals surface area contributed by atoms with Crippen LogP contribution in [-0.2, 0) is 16.1 Å². The number of nitro groups is 1. The number of benzene rings is 1. The van der Waals surface area contributed by atoms with Gasteiger partial charge < -0.3 is 19.4 Å². The van der Waals surface area contributed by atoms with Crippen molar-refractivity contribution in [1.82, 2.24) is 15.1 Å². The Morgan fingerprint density at radius 1 is 1.20 bits per heavy atom. The standard InChI is InChI=1S/C22H24FN5O7/c1-14(29)24-11-17-13-27(22(31)35-17)15-2-4-18(19(23)10-15)21(30)26-8-6-25(7-9-26)12-16-3-5-20(34-16)28(32)33/h2-5,10,17H,6-9,11-13H2,1H3,(H,24,29)/t17-/m0/s1. The van der Waals surface area contributed by atoms with E-state index in [9.17, 15) is 28.9 Å². The summed E-state index contributed by atoms with van der Waals surface area (Å²) in [5.41, 5.74) is 0.151. The fraction of sp³-hybridized carbons (Fsp3) is 0.409. The van der Waals surface area contributed by atoms with E-state index in [2.05, 4.69) is 5.32 Å². The maximum atomic E-state index is 14.9. The van der Waals surface area contributed by atoms with Crippen LogP contribution >= 0.6 is 0 Å². The third-order valence-electron chi connectivity index (χ3n) is 5.81. The number of hydrogen-bond donors (Lipinski definition) is 1. The molecule has 1 aromatic carbocycles. The Morgan fingerprint density at radius 3 is 2.57 bits per heavy atom. The fourth-order valence-electron chi connectivity index (χ4n) is 3.99. The lowest BCUT2D eigenvalue weighted by Gasteiger charge is -2.34. The number of rotatable bonds is 7. The molecule has 12 nitrogen and oxygen atoms in total. The van der Waals surface area contributed by atoms with Gasteiger partial charge in [-0.3, -0.25) is 29.5 Å². The second-order valence-corrected chi connectivity index (χ2v) is 8.28. The van der Waals surface area contributed by atoms with Gasteiger partial charge in [0, 0.05) is 33.1 Å². The Balaban J connectivity index is 1.33. The van der Waals surface area contributed by atoms with Gasteiger partial charge in [0.05, 0.1) is 37.0 Å². The van der Waals surface area contributed by atoms with E-state index in [-0.39, 0.29) is 36.1 Å². The first kappa shape index (κ1) is 24.1. The van der Waals surface area contributed by atoms with Crippen LogP contribution in [0.5, 0.6) is 0 Å². The number of carbonyl (C=O) groups is 3. The van der Waals surface area contributed by atoms with Gasteiger partial charge in [0.25, 0.3) is 5.91 Å². The Kier molecular flexibility index (Phi) is 6.96. The van der Waals surface area contributed by atoms with Crippen LogP contribution in [0.1, 0.15) is 23.0 Å². The smallest absolute Gasteiger partial charge is 0.433 e. The molecule has 0 spiro atoms. The molecular weight excluding hydrogens is 465 g/mol. The van der Waals surface area contributed by atoms with Crippen molar-refractivity contribution in [1.29, 1.82) is 0 Å². The van der Waals surface area contributed by atoms with Crippen molar-refractivity contribution >= 4 is 29.5 Å². The van der Waals surface area contributed by atoms with Crippen LogP contribution < -0.4 is 10.2 Å². The largest absolute Gasteiger partial charge is 0.442 e. The topological polar surface area (TPSA) is 138 Å². The molecule has 0 saturated carbocycles. The molecule has 35 heavy (non-hydrogen) atoms. The zero-order chi connectivity index (χ0) is 25.1. The van der Waals surface area contributed by atoms with Crippen LogP contribution in [0, 0.1) is 15.9 Å². The molecular formula is C22H24FN5O7. The molecule has 2 aliphatic heterocycles. The lowest BCUT2D eigenvalue weighted by molar-refractivity contribution is -0.402. The van der Waals surface area contributed by atoms with Crippen LogP contribution in [-0.4, -0.2) is 78.0 Å². The van der Waals surface area contributed by atoms with Gasteiger partial charge in [-0.15, -0.1) is 0 Å². The van der Waals surface area contributed by atoms with Crippen molar-refractivity contribution in [3.63, 3.8) is 0 Å². The van der Waals surface area contributed by atoms with E-state index < -0.39 is 28.8 Å². The molecule has 0 radical (unpaired) electrons. The van der Waals surface area contributed by atoms with Crippen LogP contribution in [0.25, 0.3) is 0 Å². The summed E-state index contributed by atoms with van der Waals surface area (Å²) in [6, 6.07) is 6.79. The molecule has 186 valence electrons. The van der Waals surface area contributed by atoms with Crippen LogP contribution in [0.2, 0.25) is 0 Å². The number of hydrogen-bond acceptors (Lipinski definition) is 8. The number of piperazine rings is 1. The molecule has 2 aliphatic rings. The van der Waals surface area contributed by atoms with Gasteiger partial charge in [-0.05, 0) is 24.3 Å². The van der Waals surface area contributed by atoms with E-state index in [1.807, 2.05) is 4.90 Å². The number of carbonyl (C=O) groups excluding carboxylic acids is 3. The molecule has 0 bridgehead atoms. The fourth-order valence-corrected chi connectivity index (χ4v) is 3.99. The summed E-state index contributed by atoms with van der Waals surface area (Å²) in [5.74, 6) is -1.33. The van der Waals surface area contributed by atoms with Crippen molar-refractivity contribution in [3.05, 3.63) is 57.6 Å². The quantitative estimate of drug-likeness (QED) is 0.459. The van der Waals surface area contributed by atoms with Gasteiger partial charge in [0.15, 0.2) is 0 Å². The molecule has 0 aliphatic carbocycles. The second kappa shape index (κ2) is 10.1. The minimum atomic E-state index is -0.754. The average molecular weight is 489 g/mol. The summed E-state index contributed by atoms with van der Waals surface area (Å²) in [4.78, 5) is 51.0. The van der Waals surface area contributed by atoms with Crippen molar-refractivity contribution < 1.29 is 32.9 Å². The predicted molar refractivity (Wildman–Crippen MR) is 119 cm³/mol. The number of amides is 3. The second-order valence-electron chi connectivity index (χ2n) is 8.28. The monoisotopic (exact) mass is 489 g/mol. The highest BCUT2D eigenvalue weighted by Gasteiger charge is 2.33. The van der Waals surface area contributed by atoms with E-state index in [4.69, 9.17) is 9.15 Å². The Bertz CT molecular complexity index is 1140. The van der Waals surface area contributed by atoms with Gasteiger partial charge in [-0.25, -0.2) is 9.18 Å². The highest BCUT2D eigenvalue weighted by molar-refractivity contribution is 5.96.